The number of hydrogen-bond donors (Lipinski definition) is 0. The number of ether oxygens (including phenoxy) is 3. The van der Waals surface area contributed by atoms with Crippen LogP contribution < -0.4 is 0 Å². The monoisotopic (exact) mass is 1100 g/mol. The Hall–Kier alpha value is -1.59. The Morgan fingerprint density at radius 1 is 0.205 bits per heavy atom. The van der Waals surface area contributed by atoms with E-state index in [1.54, 1.807) is 0 Å². The molecule has 0 bridgehead atoms. The second-order valence-corrected chi connectivity index (χ2v) is 24.9. The lowest BCUT2D eigenvalue weighted by atomic mass is 10.0. The highest BCUT2D eigenvalue weighted by Crippen LogP contribution is 2.20. The van der Waals surface area contributed by atoms with Crippen LogP contribution in [0.1, 0.15) is 425 Å². The molecule has 78 heavy (non-hydrogen) atoms. The molecule has 0 saturated carbocycles. The van der Waals surface area contributed by atoms with Crippen molar-refractivity contribution in [3.8, 4) is 0 Å². The van der Waals surface area contributed by atoms with E-state index in [4.69, 9.17) is 14.2 Å². The molecule has 0 heterocycles. The van der Waals surface area contributed by atoms with Crippen molar-refractivity contribution in [1.82, 2.24) is 0 Å². The summed E-state index contributed by atoms with van der Waals surface area (Å²) in [5.74, 6) is -0.827. The lowest BCUT2D eigenvalue weighted by Crippen LogP contribution is -2.30. The highest BCUT2D eigenvalue weighted by atomic mass is 16.6. The maximum absolute atomic E-state index is 12.9. The second kappa shape index (κ2) is 67.9. The van der Waals surface area contributed by atoms with Gasteiger partial charge in [0.25, 0.3) is 0 Å². The number of rotatable bonds is 68. The van der Waals surface area contributed by atoms with Crippen molar-refractivity contribution < 1.29 is 28.6 Å². The van der Waals surface area contributed by atoms with Crippen LogP contribution in [0.15, 0.2) is 0 Å². The van der Waals surface area contributed by atoms with Gasteiger partial charge >= 0.3 is 17.9 Å². The first-order chi connectivity index (χ1) is 38.5. The zero-order chi connectivity index (χ0) is 56.4. The second-order valence-electron chi connectivity index (χ2n) is 24.9. The standard InChI is InChI=1S/C72H140O6/c1-4-7-10-13-16-19-21-23-25-27-29-30-31-32-33-34-35-36-37-38-39-40-41-43-44-46-48-50-53-56-59-62-65-71(74)77-68-69(67-76-70(73)64-61-58-55-52-18-15-12-9-6-3)78-72(75)66-63-60-57-54-51-49-47-45-42-28-26-24-22-20-17-14-11-8-5-2/h69H,4-68H2,1-3H3. The molecule has 6 nitrogen and oxygen atoms in total. The molecule has 0 aromatic heterocycles. The molecule has 0 saturated heterocycles. The van der Waals surface area contributed by atoms with Gasteiger partial charge in [-0.1, -0.05) is 387 Å². The van der Waals surface area contributed by atoms with E-state index in [1.165, 1.54) is 327 Å². The van der Waals surface area contributed by atoms with E-state index in [2.05, 4.69) is 20.8 Å². The Kier molecular flexibility index (Phi) is 66.5. The van der Waals surface area contributed by atoms with Gasteiger partial charge in [0.2, 0.25) is 0 Å². The first kappa shape index (κ1) is 76.4. The fraction of sp³-hybridized carbons (Fsp3) is 0.958. The molecule has 1 unspecified atom stereocenters. The van der Waals surface area contributed by atoms with Crippen molar-refractivity contribution in [3.05, 3.63) is 0 Å². The zero-order valence-electron chi connectivity index (χ0n) is 53.5. The van der Waals surface area contributed by atoms with E-state index < -0.39 is 6.10 Å². The first-order valence-corrected chi connectivity index (χ1v) is 36.0. The molecule has 0 radical (unpaired) electrons. The number of esters is 3. The van der Waals surface area contributed by atoms with E-state index >= 15 is 0 Å². The molecule has 0 aliphatic rings. The van der Waals surface area contributed by atoms with Crippen molar-refractivity contribution >= 4 is 17.9 Å². The predicted octanol–water partition coefficient (Wildman–Crippen LogP) is 24.6. The molecule has 0 rings (SSSR count). The Morgan fingerprint density at radius 2 is 0.346 bits per heavy atom. The summed E-state index contributed by atoms with van der Waals surface area (Å²) >= 11 is 0. The van der Waals surface area contributed by atoms with Crippen LogP contribution in [-0.4, -0.2) is 37.2 Å². The molecule has 1 atom stereocenters. The van der Waals surface area contributed by atoms with E-state index in [0.29, 0.717) is 19.3 Å². The van der Waals surface area contributed by atoms with Crippen molar-refractivity contribution in [1.29, 1.82) is 0 Å². The average Bonchev–Trinajstić information content (AvgIpc) is 3.44. The molecule has 464 valence electrons. The summed E-state index contributed by atoms with van der Waals surface area (Å²) < 4.78 is 16.9. The molecular weight excluding hydrogens is 961 g/mol. The van der Waals surface area contributed by atoms with Gasteiger partial charge in [-0.3, -0.25) is 14.4 Å². The third-order valence-corrected chi connectivity index (χ3v) is 16.9. The highest BCUT2D eigenvalue weighted by Gasteiger charge is 2.20. The van der Waals surface area contributed by atoms with Crippen LogP contribution in [0.2, 0.25) is 0 Å². The largest absolute Gasteiger partial charge is 0.462 e. The molecule has 0 aliphatic heterocycles. The van der Waals surface area contributed by atoms with E-state index in [-0.39, 0.29) is 31.1 Å². The molecule has 0 amide bonds. The molecule has 0 aliphatic carbocycles. The van der Waals surface area contributed by atoms with Crippen molar-refractivity contribution in [2.45, 2.75) is 431 Å². The number of carbonyl (C=O) groups excluding carboxylic acids is 3. The Balaban J connectivity index is 3.99. The van der Waals surface area contributed by atoms with Crippen LogP contribution in [0.25, 0.3) is 0 Å². The summed E-state index contributed by atoms with van der Waals surface area (Å²) in [6.07, 6.45) is 80.3. The molecular formula is C72H140O6. The minimum atomic E-state index is -0.762. The van der Waals surface area contributed by atoms with Gasteiger partial charge in [0.15, 0.2) is 6.10 Å². The van der Waals surface area contributed by atoms with Crippen molar-refractivity contribution in [3.63, 3.8) is 0 Å². The summed E-state index contributed by atoms with van der Waals surface area (Å²) in [5, 5.41) is 0. The maximum Gasteiger partial charge on any atom is 0.306 e. The van der Waals surface area contributed by atoms with Gasteiger partial charge in [-0.15, -0.1) is 0 Å². The summed E-state index contributed by atoms with van der Waals surface area (Å²) in [5.41, 5.74) is 0. The third-order valence-electron chi connectivity index (χ3n) is 16.9. The van der Waals surface area contributed by atoms with Crippen LogP contribution in [0.3, 0.4) is 0 Å². The van der Waals surface area contributed by atoms with Gasteiger partial charge in [0.1, 0.15) is 13.2 Å². The summed E-state index contributed by atoms with van der Waals surface area (Å²) in [6.45, 7) is 6.71. The third kappa shape index (κ3) is 65.2. The molecule has 0 fully saturated rings. The van der Waals surface area contributed by atoms with E-state index in [1.807, 2.05) is 0 Å². The fourth-order valence-electron chi connectivity index (χ4n) is 11.5. The Bertz CT molecular complexity index is 1170. The van der Waals surface area contributed by atoms with Gasteiger partial charge < -0.3 is 14.2 Å². The van der Waals surface area contributed by atoms with Gasteiger partial charge in [0, 0.05) is 19.3 Å². The van der Waals surface area contributed by atoms with Crippen LogP contribution >= 0.6 is 0 Å². The fourth-order valence-corrected chi connectivity index (χ4v) is 11.5. The summed E-state index contributed by atoms with van der Waals surface area (Å²) in [7, 11) is 0. The lowest BCUT2D eigenvalue weighted by molar-refractivity contribution is -0.167. The van der Waals surface area contributed by atoms with Crippen LogP contribution in [0.4, 0.5) is 0 Å². The van der Waals surface area contributed by atoms with Crippen LogP contribution in [0.5, 0.6) is 0 Å². The maximum atomic E-state index is 12.9. The molecule has 0 aromatic carbocycles. The highest BCUT2D eigenvalue weighted by molar-refractivity contribution is 5.71. The number of hydrogen-bond acceptors (Lipinski definition) is 6. The van der Waals surface area contributed by atoms with E-state index in [9.17, 15) is 14.4 Å². The Morgan fingerprint density at radius 3 is 0.513 bits per heavy atom. The topological polar surface area (TPSA) is 78.9 Å². The summed E-state index contributed by atoms with van der Waals surface area (Å²) in [4.78, 5) is 38.3. The first-order valence-electron chi connectivity index (χ1n) is 36.0. The minimum Gasteiger partial charge on any atom is -0.462 e. The van der Waals surface area contributed by atoms with Crippen molar-refractivity contribution in [2.75, 3.05) is 13.2 Å². The minimum absolute atomic E-state index is 0.0608. The molecule has 6 heteroatoms. The smallest absolute Gasteiger partial charge is 0.306 e. The normalized spacial score (nSPS) is 11.9. The predicted molar refractivity (Wildman–Crippen MR) is 340 cm³/mol. The molecule has 0 N–H and O–H groups in total. The quantitative estimate of drug-likeness (QED) is 0.0343. The summed E-state index contributed by atoms with van der Waals surface area (Å²) in [6, 6.07) is 0. The SMILES string of the molecule is CCCCCCCCCCCCCCCCCCCCCCCCCCCCCCCCCCC(=O)OCC(COC(=O)CCCCCCCCCCC)OC(=O)CCCCCCCCCCCCCCCCCCCCC. The van der Waals surface area contributed by atoms with Crippen molar-refractivity contribution in [2.24, 2.45) is 0 Å². The van der Waals surface area contributed by atoms with Gasteiger partial charge in [0.05, 0.1) is 0 Å². The number of unbranched alkanes of at least 4 members (excludes halogenated alkanes) is 57. The lowest BCUT2D eigenvalue weighted by Gasteiger charge is -2.18. The Labute approximate surface area is 488 Å². The van der Waals surface area contributed by atoms with Gasteiger partial charge in [-0.25, -0.2) is 0 Å². The van der Waals surface area contributed by atoms with Gasteiger partial charge in [-0.05, 0) is 19.3 Å². The number of carbonyl (C=O) groups is 3. The molecule has 0 spiro atoms. The van der Waals surface area contributed by atoms with Gasteiger partial charge in [-0.2, -0.15) is 0 Å². The van der Waals surface area contributed by atoms with E-state index in [0.717, 1.165) is 57.8 Å². The van der Waals surface area contributed by atoms with Crippen LogP contribution in [-0.2, 0) is 28.6 Å². The zero-order valence-corrected chi connectivity index (χ0v) is 53.5. The molecule has 0 aromatic rings. The van der Waals surface area contributed by atoms with Crippen LogP contribution in [0, 0.1) is 0 Å². The average molecular weight is 1100 g/mol.